The first-order valence-corrected chi connectivity index (χ1v) is 9.84. The van der Waals surface area contributed by atoms with E-state index in [0.29, 0.717) is 0 Å². The Morgan fingerprint density at radius 2 is 1.59 bits per heavy atom. The lowest BCUT2D eigenvalue weighted by molar-refractivity contribution is -0.157. The number of ether oxygens (including phenoxy) is 1. The van der Waals surface area contributed by atoms with Gasteiger partial charge in [0.15, 0.2) is 0 Å². The van der Waals surface area contributed by atoms with Gasteiger partial charge in [0.25, 0.3) is 0 Å². The van der Waals surface area contributed by atoms with Crippen LogP contribution in [0.3, 0.4) is 0 Å². The molecule has 2 fully saturated rings. The monoisotopic (exact) mass is 372 g/mol. The summed E-state index contributed by atoms with van der Waals surface area (Å²) < 4.78 is 18.0. The fraction of sp³-hybridized carbons (Fsp3) is 0.682. The predicted octanol–water partition coefficient (Wildman–Crippen LogP) is 4.07. The molecule has 0 aromatic heterocycles. The highest BCUT2D eigenvalue weighted by Crippen LogP contribution is 2.64. The third-order valence-corrected chi connectivity index (χ3v) is 6.28. The fourth-order valence-electron chi connectivity index (χ4n) is 3.94. The van der Waals surface area contributed by atoms with Crippen LogP contribution >= 0.6 is 0 Å². The van der Waals surface area contributed by atoms with Crippen LogP contribution in [0.2, 0.25) is 0 Å². The molecule has 4 nitrogen and oxygen atoms in total. The largest absolute Gasteiger partial charge is 0.494 e. The van der Waals surface area contributed by atoms with E-state index in [1.165, 1.54) is 0 Å². The smallest absolute Gasteiger partial charge is 0.460 e. The molecule has 0 amide bonds. The molecule has 2 atom stereocenters. The van der Waals surface area contributed by atoms with Gasteiger partial charge in [-0.05, 0) is 64.9 Å². The second-order valence-electron chi connectivity index (χ2n) is 10.6. The molecule has 0 N–H and O–H groups in total. The Hall–Kier alpha value is -1.33. The van der Waals surface area contributed by atoms with Crippen molar-refractivity contribution in [3.63, 3.8) is 0 Å². The molecule has 1 saturated heterocycles. The second-order valence-corrected chi connectivity index (χ2v) is 10.6. The molecular weight excluding hydrogens is 339 g/mol. The molecule has 1 aromatic carbocycles. The minimum absolute atomic E-state index is 0.112. The van der Waals surface area contributed by atoms with Crippen LogP contribution in [0.25, 0.3) is 0 Å². The Labute approximate surface area is 164 Å². The minimum atomic E-state index is -0.467. The van der Waals surface area contributed by atoms with Crippen LogP contribution in [0.5, 0.6) is 0 Å². The summed E-state index contributed by atoms with van der Waals surface area (Å²) in [5.41, 5.74) is 0.818. The Morgan fingerprint density at radius 1 is 1.04 bits per heavy atom. The van der Waals surface area contributed by atoms with Crippen molar-refractivity contribution in [3.05, 3.63) is 29.8 Å². The van der Waals surface area contributed by atoms with E-state index in [1.807, 2.05) is 32.9 Å². The fourth-order valence-corrected chi connectivity index (χ4v) is 3.94. The van der Waals surface area contributed by atoms with Crippen LogP contribution in [0.15, 0.2) is 24.3 Å². The molecule has 5 heteroatoms. The van der Waals surface area contributed by atoms with Crippen LogP contribution in [-0.4, -0.2) is 29.9 Å². The van der Waals surface area contributed by atoms with Gasteiger partial charge in [0.1, 0.15) is 5.60 Å². The zero-order chi connectivity index (χ0) is 20.4. The number of benzene rings is 1. The topological polar surface area (TPSA) is 44.8 Å². The Kier molecular flexibility index (Phi) is 4.60. The molecule has 1 aliphatic carbocycles. The SMILES string of the molecule is CC(C)(C)OC(=O)[C@@H]1[C@@H](c2cccc(B3OC(C)(C)C(C)(C)O3)c2)C1(C)C. The Morgan fingerprint density at radius 3 is 2.11 bits per heavy atom. The van der Waals surface area contributed by atoms with E-state index >= 15 is 0 Å². The average Bonchev–Trinajstić information content (AvgIpc) is 2.98. The van der Waals surface area contributed by atoms with Gasteiger partial charge in [0.05, 0.1) is 17.1 Å². The number of hydrogen-bond acceptors (Lipinski definition) is 4. The van der Waals surface area contributed by atoms with Gasteiger partial charge in [-0.3, -0.25) is 4.79 Å². The van der Waals surface area contributed by atoms with E-state index in [2.05, 4.69) is 53.7 Å². The molecular formula is C22H33BO4. The molecule has 2 aliphatic rings. The van der Waals surface area contributed by atoms with Crippen molar-refractivity contribution in [3.8, 4) is 0 Å². The Balaban J connectivity index is 1.82. The number of rotatable bonds is 3. The maximum absolute atomic E-state index is 12.7. The zero-order valence-corrected chi connectivity index (χ0v) is 18.2. The van der Waals surface area contributed by atoms with Crippen molar-refractivity contribution in [2.45, 2.75) is 85.0 Å². The maximum Gasteiger partial charge on any atom is 0.494 e. The van der Waals surface area contributed by atoms with Crippen LogP contribution in [0.1, 0.15) is 73.8 Å². The van der Waals surface area contributed by atoms with Crippen molar-refractivity contribution in [1.29, 1.82) is 0 Å². The van der Waals surface area contributed by atoms with Gasteiger partial charge in [0, 0.05) is 5.92 Å². The molecule has 1 saturated carbocycles. The summed E-state index contributed by atoms with van der Waals surface area (Å²) in [6.45, 7) is 18.2. The summed E-state index contributed by atoms with van der Waals surface area (Å²) in [6, 6.07) is 8.27. The number of carbonyl (C=O) groups excluding carboxylic acids is 1. The van der Waals surface area contributed by atoms with Gasteiger partial charge in [-0.1, -0.05) is 38.1 Å². The first-order valence-electron chi connectivity index (χ1n) is 9.84. The van der Waals surface area contributed by atoms with Gasteiger partial charge in [-0.2, -0.15) is 0 Å². The van der Waals surface area contributed by atoms with Crippen molar-refractivity contribution in [1.82, 2.24) is 0 Å². The molecule has 1 aromatic rings. The predicted molar refractivity (Wildman–Crippen MR) is 108 cm³/mol. The molecule has 0 spiro atoms. The lowest BCUT2D eigenvalue weighted by Gasteiger charge is -2.32. The van der Waals surface area contributed by atoms with Gasteiger partial charge in [-0.15, -0.1) is 0 Å². The van der Waals surface area contributed by atoms with Crippen LogP contribution in [0.4, 0.5) is 0 Å². The van der Waals surface area contributed by atoms with E-state index in [0.717, 1.165) is 11.0 Å². The van der Waals surface area contributed by atoms with Crippen molar-refractivity contribution >= 4 is 18.6 Å². The molecule has 3 rings (SSSR count). The molecule has 148 valence electrons. The summed E-state index contributed by atoms with van der Waals surface area (Å²) in [6.07, 6.45) is 0. The Bertz CT molecular complexity index is 729. The molecule has 27 heavy (non-hydrogen) atoms. The van der Waals surface area contributed by atoms with Crippen molar-refractivity contribution in [2.24, 2.45) is 11.3 Å². The van der Waals surface area contributed by atoms with Gasteiger partial charge in [0.2, 0.25) is 0 Å². The van der Waals surface area contributed by atoms with E-state index in [-0.39, 0.29) is 34.4 Å². The highest BCUT2D eigenvalue weighted by molar-refractivity contribution is 6.62. The van der Waals surface area contributed by atoms with Crippen molar-refractivity contribution in [2.75, 3.05) is 0 Å². The molecule has 0 radical (unpaired) electrons. The van der Waals surface area contributed by atoms with Gasteiger partial charge < -0.3 is 14.0 Å². The quantitative estimate of drug-likeness (QED) is 0.593. The van der Waals surface area contributed by atoms with E-state index in [1.54, 1.807) is 0 Å². The number of carbonyl (C=O) groups is 1. The van der Waals surface area contributed by atoms with Crippen LogP contribution in [-0.2, 0) is 18.8 Å². The summed E-state index contributed by atoms with van der Waals surface area (Å²) in [4.78, 5) is 12.7. The van der Waals surface area contributed by atoms with E-state index < -0.39 is 12.7 Å². The van der Waals surface area contributed by atoms with Crippen molar-refractivity contribution < 1.29 is 18.8 Å². The van der Waals surface area contributed by atoms with Gasteiger partial charge >= 0.3 is 13.1 Å². The highest BCUT2D eigenvalue weighted by Gasteiger charge is 2.63. The summed E-state index contributed by atoms with van der Waals surface area (Å²) in [7, 11) is -0.392. The zero-order valence-electron chi connectivity index (χ0n) is 18.2. The third kappa shape index (κ3) is 3.69. The first-order chi connectivity index (χ1) is 12.2. The normalized spacial score (nSPS) is 28.1. The molecule has 1 aliphatic heterocycles. The van der Waals surface area contributed by atoms with E-state index in [9.17, 15) is 4.79 Å². The lowest BCUT2D eigenvalue weighted by Crippen LogP contribution is -2.41. The molecule has 0 bridgehead atoms. The minimum Gasteiger partial charge on any atom is -0.460 e. The summed E-state index contributed by atoms with van der Waals surface area (Å²) in [5.74, 6) is -0.0847. The highest BCUT2D eigenvalue weighted by atomic mass is 16.7. The summed E-state index contributed by atoms with van der Waals surface area (Å²) in [5, 5.41) is 0. The lowest BCUT2D eigenvalue weighted by atomic mass is 9.78. The van der Waals surface area contributed by atoms with E-state index in [4.69, 9.17) is 14.0 Å². The third-order valence-electron chi connectivity index (χ3n) is 6.28. The van der Waals surface area contributed by atoms with Gasteiger partial charge in [-0.25, -0.2) is 0 Å². The number of esters is 1. The summed E-state index contributed by atoms with van der Waals surface area (Å²) >= 11 is 0. The first kappa shape index (κ1) is 20.4. The molecule has 1 heterocycles. The second kappa shape index (κ2) is 6.08. The maximum atomic E-state index is 12.7. The van der Waals surface area contributed by atoms with Crippen LogP contribution in [0, 0.1) is 11.3 Å². The standard InChI is InChI=1S/C22H33BO4/c1-19(2,3)25-18(24)17-16(20(17,4)5)14-11-10-12-15(13-14)23-26-21(6,7)22(8,9)27-23/h10-13,16-17H,1-9H3/t16-,17+/m1/s1. The molecule has 0 unspecified atom stereocenters. The number of hydrogen-bond donors (Lipinski definition) is 0. The van der Waals surface area contributed by atoms with Crippen LogP contribution < -0.4 is 5.46 Å². The average molecular weight is 372 g/mol.